The van der Waals surface area contributed by atoms with Crippen molar-refractivity contribution in [1.82, 2.24) is 19.9 Å². The van der Waals surface area contributed by atoms with E-state index in [1.54, 1.807) is 24.4 Å². The van der Waals surface area contributed by atoms with Gasteiger partial charge in [-0.1, -0.05) is 29.3 Å². The Hall–Kier alpha value is -3.04. The fraction of sp³-hybridized carbons (Fsp3) is 0.227. The molecule has 11 heteroatoms. The van der Waals surface area contributed by atoms with E-state index in [-0.39, 0.29) is 18.2 Å². The third kappa shape index (κ3) is 5.31. The van der Waals surface area contributed by atoms with Crippen molar-refractivity contribution in [3.05, 3.63) is 87.6 Å². The zero-order valence-electron chi connectivity index (χ0n) is 17.2. The summed E-state index contributed by atoms with van der Waals surface area (Å²) in [5, 5.41) is 0.658. The predicted octanol–water partition coefficient (Wildman–Crippen LogP) is 6.31. The van der Waals surface area contributed by atoms with E-state index in [9.17, 15) is 13.2 Å². The fourth-order valence-corrected chi connectivity index (χ4v) is 3.71. The molecule has 0 radical (unpaired) electrons. The van der Waals surface area contributed by atoms with Gasteiger partial charge in [0, 0.05) is 17.8 Å². The number of halogens is 5. The SMILES string of the molecule is COC1=CC(OCc2cccc(C(F)(F)F)n2)=CCC1c1[nH]c(-c2ccc(Cl)nc2)nc1Cl. The van der Waals surface area contributed by atoms with Crippen LogP contribution in [0.1, 0.15) is 29.4 Å². The van der Waals surface area contributed by atoms with Gasteiger partial charge in [-0.2, -0.15) is 13.2 Å². The number of hydrogen-bond acceptors (Lipinski definition) is 5. The second kappa shape index (κ2) is 9.44. The van der Waals surface area contributed by atoms with Gasteiger partial charge in [0.2, 0.25) is 0 Å². The molecule has 0 fully saturated rings. The molecule has 3 aromatic rings. The third-order valence-electron chi connectivity index (χ3n) is 4.94. The molecule has 33 heavy (non-hydrogen) atoms. The number of H-pyrrole nitrogens is 1. The second-order valence-corrected chi connectivity index (χ2v) is 7.85. The zero-order valence-corrected chi connectivity index (χ0v) is 18.7. The van der Waals surface area contributed by atoms with Crippen molar-refractivity contribution < 1.29 is 22.6 Å². The van der Waals surface area contributed by atoms with Crippen LogP contribution in [0.4, 0.5) is 13.2 Å². The number of nitrogens with one attached hydrogen (secondary N) is 1. The summed E-state index contributed by atoms with van der Waals surface area (Å²) in [7, 11) is 1.52. The lowest BCUT2D eigenvalue weighted by atomic mass is 9.94. The predicted molar refractivity (Wildman–Crippen MR) is 116 cm³/mol. The summed E-state index contributed by atoms with van der Waals surface area (Å²) in [6.07, 6.45) is 1.03. The molecule has 0 aliphatic heterocycles. The van der Waals surface area contributed by atoms with Gasteiger partial charge in [0.25, 0.3) is 0 Å². The fourth-order valence-electron chi connectivity index (χ4n) is 3.34. The molecular weight excluding hydrogens is 480 g/mol. The van der Waals surface area contributed by atoms with Crippen molar-refractivity contribution in [2.45, 2.75) is 25.1 Å². The third-order valence-corrected chi connectivity index (χ3v) is 5.45. The molecule has 4 rings (SSSR count). The number of aromatic amines is 1. The van der Waals surface area contributed by atoms with Crippen molar-refractivity contribution in [1.29, 1.82) is 0 Å². The van der Waals surface area contributed by atoms with Gasteiger partial charge in [-0.15, -0.1) is 0 Å². The van der Waals surface area contributed by atoms with Gasteiger partial charge in [-0.3, -0.25) is 0 Å². The van der Waals surface area contributed by atoms with Crippen molar-refractivity contribution in [2.75, 3.05) is 7.11 Å². The van der Waals surface area contributed by atoms with Gasteiger partial charge < -0.3 is 14.5 Å². The number of hydrogen-bond donors (Lipinski definition) is 1. The van der Waals surface area contributed by atoms with E-state index in [1.165, 1.54) is 19.2 Å². The summed E-state index contributed by atoms with van der Waals surface area (Å²) in [6, 6.07) is 7.11. The van der Waals surface area contributed by atoms with Crippen molar-refractivity contribution >= 4 is 23.2 Å². The highest BCUT2D eigenvalue weighted by atomic mass is 35.5. The van der Waals surface area contributed by atoms with Gasteiger partial charge >= 0.3 is 6.18 Å². The molecule has 0 amide bonds. The summed E-state index contributed by atoms with van der Waals surface area (Å²) in [4.78, 5) is 15.2. The molecule has 0 saturated heterocycles. The Labute approximate surface area is 197 Å². The molecule has 0 bridgehead atoms. The molecule has 3 heterocycles. The average molecular weight is 497 g/mol. The lowest BCUT2D eigenvalue weighted by Gasteiger charge is -2.22. The average Bonchev–Trinajstić information content (AvgIpc) is 3.19. The summed E-state index contributed by atoms with van der Waals surface area (Å²) in [5.74, 6) is 1.32. The minimum absolute atomic E-state index is 0.119. The van der Waals surface area contributed by atoms with Crippen LogP contribution in [0.15, 0.2) is 60.2 Å². The number of nitrogens with zero attached hydrogens (tertiary/aromatic N) is 3. The van der Waals surface area contributed by atoms with Crippen LogP contribution in [-0.2, 0) is 22.3 Å². The number of pyridine rings is 2. The number of alkyl halides is 3. The lowest BCUT2D eigenvalue weighted by Crippen LogP contribution is -2.11. The highest BCUT2D eigenvalue weighted by molar-refractivity contribution is 6.30. The number of ether oxygens (including phenoxy) is 2. The zero-order chi connectivity index (χ0) is 23.6. The first kappa shape index (κ1) is 23.1. The quantitative estimate of drug-likeness (QED) is 0.404. The van der Waals surface area contributed by atoms with Crippen molar-refractivity contribution in [2.24, 2.45) is 0 Å². The first-order chi connectivity index (χ1) is 15.7. The second-order valence-electron chi connectivity index (χ2n) is 7.11. The number of allylic oxidation sites excluding steroid dienone is 3. The van der Waals surface area contributed by atoms with Crippen LogP contribution in [0, 0.1) is 0 Å². The maximum atomic E-state index is 12.9. The molecule has 6 nitrogen and oxygen atoms in total. The van der Waals surface area contributed by atoms with Crippen molar-refractivity contribution in [3.8, 4) is 11.4 Å². The summed E-state index contributed by atoms with van der Waals surface area (Å²) < 4.78 is 49.8. The molecule has 3 aromatic heterocycles. The summed E-state index contributed by atoms with van der Waals surface area (Å²) in [5.41, 5.74) is 0.581. The molecule has 0 saturated carbocycles. The van der Waals surface area contributed by atoms with Crippen LogP contribution in [0.2, 0.25) is 10.3 Å². The van der Waals surface area contributed by atoms with E-state index in [1.807, 2.05) is 6.08 Å². The Bertz CT molecular complexity index is 1210. The van der Waals surface area contributed by atoms with Crippen LogP contribution in [0.25, 0.3) is 11.4 Å². The van der Waals surface area contributed by atoms with Gasteiger partial charge in [0.15, 0.2) is 5.15 Å². The topological polar surface area (TPSA) is 72.9 Å². The molecule has 172 valence electrons. The van der Waals surface area contributed by atoms with E-state index >= 15 is 0 Å². The number of methoxy groups -OCH3 is 1. The smallest absolute Gasteiger partial charge is 0.433 e. The molecule has 1 N–H and O–H groups in total. The van der Waals surface area contributed by atoms with E-state index in [0.717, 1.165) is 11.6 Å². The molecule has 1 atom stereocenters. The highest BCUT2D eigenvalue weighted by Crippen LogP contribution is 2.37. The minimum atomic E-state index is -4.51. The molecular formula is C22H17Cl2F3N4O2. The first-order valence-corrected chi connectivity index (χ1v) is 10.5. The molecule has 1 aliphatic rings. The lowest BCUT2D eigenvalue weighted by molar-refractivity contribution is -0.141. The Morgan fingerprint density at radius 3 is 2.67 bits per heavy atom. The van der Waals surface area contributed by atoms with Crippen molar-refractivity contribution in [3.63, 3.8) is 0 Å². The van der Waals surface area contributed by atoms with Gasteiger partial charge in [0.1, 0.15) is 34.8 Å². The standard InChI is InChI=1S/C22H17Cl2F3N4O2/c1-32-16-9-14(33-11-13-3-2-4-17(29-13)22(25,26)27)6-7-15(16)19-20(24)31-21(30-19)12-5-8-18(23)28-10-12/h2-6,8-10,15H,7,11H2,1H3,(H,30,31). The maximum Gasteiger partial charge on any atom is 0.433 e. The van der Waals surface area contributed by atoms with Crippen LogP contribution >= 0.6 is 23.2 Å². The maximum absolute atomic E-state index is 12.9. The minimum Gasteiger partial charge on any atom is -0.500 e. The number of imidazole rings is 1. The molecule has 0 spiro atoms. The Balaban J connectivity index is 1.48. The van der Waals surface area contributed by atoms with E-state index in [4.69, 9.17) is 32.7 Å². The van der Waals surface area contributed by atoms with Crippen LogP contribution in [0.3, 0.4) is 0 Å². The Morgan fingerprint density at radius 2 is 1.97 bits per heavy atom. The van der Waals surface area contributed by atoms with Gasteiger partial charge in [0.05, 0.1) is 24.4 Å². The number of aromatic nitrogens is 4. The molecule has 1 unspecified atom stereocenters. The van der Waals surface area contributed by atoms with Crippen LogP contribution < -0.4 is 0 Å². The van der Waals surface area contributed by atoms with Gasteiger partial charge in [-0.05, 0) is 36.8 Å². The summed E-state index contributed by atoms with van der Waals surface area (Å²) >= 11 is 12.2. The first-order valence-electron chi connectivity index (χ1n) is 9.73. The normalized spacial score (nSPS) is 16.2. The Morgan fingerprint density at radius 1 is 1.15 bits per heavy atom. The molecule has 0 aromatic carbocycles. The molecule has 1 aliphatic carbocycles. The largest absolute Gasteiger partial charge is 0.500 e. The van der Waals surface area contributed by atoms with E-state index in [2.05, 4.69) is 19.9 Å². The summed E-state index contributed by atoms with van der Waals surface area (Å²) in [6.45, 7) is -0.119. The Kier molecular flexibility index (Phi) is 6.62. The van der Waals surface area contributed by atoms with Gasteiger partial charge in [-0.25, -0.2) is 15.0 Å². The highest BCUT2D eigenvalue weighted by Gasteiger charge is 2.32. The van der Waals surface area contributed by atoms with Crippen LogP contribution in [0.5, 0.6) is 0 Å². The number of rotatable bonds is 6. The monoisotopic (exact) mass is 496 g/mol. The van der Waals surface area contributed by atoms with E-state index < -0.39 is 11.9 Å². The van der Waals surface area contributed by atoms with E-state index in [0.29, 0.717) is 39.8 Å². The van der Waals surface area contributed by atoms with Crippen LogP contribution in [-0.4, -0.2) is 27.0 Å².